The molecule has 0 amide bonds. The second-order valence-corrected chi connectivity index (χ2v) is 19.0. The molecule has 2 aliphatic carbocycles. The van der Waals surface area contributed by atoms with Gasteiger partial charge in [-0.05, 0) is 127 Å². The van der Waals surface area contributed by atoms with Crippen molar-refractivity contribution in [2.75, 3.05) is 91.9 Å². The van der Waals surface area contributed by atoms with Crippen LogP contribution in [0, 0.1) is 35.5 Å². The number of nitrogens with one attached hydrogen (secondary N) is 5. The van der Waals surface area contributed by atoms with E-state index >= 15 is 0 Å². The first-order valence-electron chi connectivity index (χ1n) is 32.5. The van der Waals surface area contributed by atoms with E-state index in [2.05, 4.69) is 82.0 Å². The lowest BCUT2D eigenvalue weighted by atomic mass is 9.91. The zero-order valence-corrected chi connectivity index (χ0v) is 55.0. The topological polar surface area (TPSA) is 87.8 Å². The molecule has 0 aromatic carbocycles. The molecule has 8 fully saturated rings. The summed E-state index contributed by atoms with van der Waals surface area (Å²) in [6.45, 7) is 65.2. The highest BCUT2D eigenvalue weighted by atomic mass is 16.5. The molecular formula is C65H153N5O3. The van der Waals surface area contributed by atoms with Gasteiger partial charge in [-0.1, -0.05) is 224 Å². The Balaban J connectivity index is -0.0000000879. The average molecular weight is 1050 g/mol. The van der Waals surface area contributed by atoms with Gasteiger partial charge in [-0.3, -0.25) is 0 Å². The SMILES string of the molecule is C.CC.CC.CC.CC.CC.CC.CC.CC.CC1CCCCC1.CC1CCCCC1.C[C@@H]1CCCNC1.C[C@@H]1CCCOC1.C[C@H]1CCCNC1.C[C@H]1CCCOC1.C[C@H]1CNCCN1.C[C@H]1CNCCO1. The number of rotatable bonds is 0. The lowest BCUT2D eigenvalue weighted by Crippen LogP contribution is -2.46. The number of piperazine rings is 1. The summed E-state index contributed by atoms with van der Waals surface area (Å²) < 4.78 is 15.6. The van der Waals surface area contributed by atoms with Gasteiger partial charge in [0.2, 0.25) is 0 Å². The highest BCUT2D eigenvalue weighted by Gasteiger charge is 2.10. The molecule has 8 heteroatoms. The zero-order valence-electron chi connectivity index (χ0n) is 55.0. The van der Waals surface area contributed by atoms with Crippen molar-refractivity contribution in [2.45, 2.75) is 301 Å². The van der Waals surface area contributed by atoms with Crippen molar-refractivity contribution in [3.8, 4) is 0 Å². The van der Waals surface area contributed by atoms with Crippen LogP contribution < -0.4 is 26.6 Å². The molecule has 0 bridgehead atoms. The van der Waals surface area contributed by atoms with Gasteiger partial charge in [0.05, 0.1) is 12.7 Å². The van der Waals surface area contributed by atoms with Gasteiger partial charge in [0.1, 0.15) is 0 Å². The summed E-state index contributed by atoms with van der Waals surface area (Å²) in [6.07, 6.45) is 26.2. The largest absolute Gasteiger partial charge is 0.381 e. The molecule has 5 N–H and O–H groups in total. The van der Waals surface area contributed by atoms with E-state index in [1.165, 1.54) is 142 Å². The Labute approximate surface area is 467 Å². The smallest absolute Gasteiger partial charge is 0.0672 e. The average Bonchev–Trinajstić information content (AvgIpc) is 3.46. The third-order valence-electron chi connectivity index (χ3n) is 12.0. The summed E-state index contributed by atoms with van der Waals surface area (Å²) in [4.78, 5) is 0. The first kappa shape index (κ1) is 92.1. The van der Waals surface area contributed by atoms with Gasteiger partial charge in [0, 0.05) is 65.2 Å². The van der Waals surface area contributed by atoms with Crippen LogP contribution in [-0.2, 0) is 14.2 Å². The van der Waals surface area contributed by atoms with Gasteiger partial charge in [-0.2, -0.15) is 0 Å². The number of morpholine rings is 1. The minimum absolute atomic E-state index is 0. The van der Waals surface area contributed by atoms with Crippen molar-refractivity contribution >= 4 is 0 Å². The molecule has 73 heavy (non-hydrogen) atoms. The Morgan fingerprint density at radius 1 is 0.288 bits per heavy atom. The zero-order chi connectivity index (χ0) is 56.9. The predicted octanol–water partition coefficient (Wildman–Crippen LogP) is 18.5. The predicted molar refractivity (Wildman–Crippen MR) is 342 cm³/mol. The van der Waals surface area contributed by atoms with Crippen LogP contribution in [0.1, 0.15) is 289 Å². The molecule has 6 atom stereocenters. The van der Waals surface area contributed by atoms with E-state index in [-0.39, 0.29) is 7.43 Å². The Bertz CT molecular complexity index is 572. The molecule has 0 unspecified atom stereocenters. The Morgan fingerprint density at radius 3 is 0.753 bits per heavy atom. The van der Waals surface area contributed by atoms with Crippen LogP contribution in [0.25, 0.3) is 0 Å². The third kappa shape index (κ3) is 85.8. The molecular weight excluding hydrogens is 899 g/mol. The molecule has 0 radical (unpaired) electrons. The molecule has 6 saturated heterocycles. The molecule has 0 aromatic rings. The Morgan fingerprint density at radius 2 is 0.616 bits per heavy atom. The quantitative estimate of drug-likeness (QED) is 0.164. The van der Waals surface area contributed by atoms with Gasteiger partial charge in [0.15, 0.2) is 0 Å². The van der Waals surface area contributed by atoms with Crippen LogP contribution in [-0.4, -0.2) is 104 Å². The normalized spacial score (nSPS) is 24.5. The number of hydrogen-bond acceptors (Lipinski definition) is 8. The summed E-state index contributed by atoms with van der Waals surface area (Å²) in [6, 6.07) is 0.675. The van der Waals surface area contributed by atoms with Crippen LogP contribution in [0.5, 0.6) is 0 Å². The monoisotopic (exact) mass is 1050 g/mol. The molecule has 8 aliphatic rings. The van der Waals surface area contributed by atoms with Crippen LogP contribution in [0.2, 0.25) is 0 Å². The standard InChI is InChI=1S/2C7H14.2C6H13N.2C6H12O.C5H12N2.C5H11NO.8C2H6.CH4/c2*1-7-5-3-2-4-6-7;4*1-6-3-2-4-7-5-6;2*1-5-4-6-2-3-7-5;8*1-2;/h2*7H,2-6H2,1H3;2*6-7H,2-5H2,1H3;2*6H,2-5H2,1H3;5-7H,2-4H2,1H3;5-6H,2-4H2,1H3;8*1-2H3;1H4/t;;4*6-;2*5-;;;;;;;;;/m..101000........./s1. The van der Waals surface area contributed by atoms with Gasteiger partial charge < -0.3 is 40.8 Å². The maximum absolute atomic E-state index is 5.22. The summed E-state index contributed by atoms with van der Waals surface area (Å²) in [7, 11) is 0. The van der Waals surface area contributed by atoms with Crippen molar-refractivity contribution in [3.63, 3.8) is 0 Å². The molecule has 0 spiro atoms. The fourth-order valence-corrected chi connectivity index (χ4v) is 7.96. The van der Waals surface area contributed by atoms with E-state index in [1.807, 2.05) is 111 Å². The van der Waals surface area contributed by atoms with Gasteiger partial charge in [0.25, 0.3) is 0 Å². The van der Waals surface area contributed by atoms with Crippen LogP contribution >= 0.6 is 0 Å². The molecule has 2 saturated carbocycles. The van der Waals surface area contributed by atoms with Crippen molar-refractivity contribution in [1.29, 1.82) is 0 Å². The van der Waals surface area contributed by atoms with Gasteiger partial charge >= 0.3 is 0 Å². The van der Waals surface area contributed by atoms with E-state index in [4.69, 9.17) is 14.2 Å². The van der Waals surface area contributed by atoms with Crippen molar-refractivity contribution in [3.05, 3.63) is 0 Å². The molecule has 8 rings (SSSR count). The minimum Gasteiger partial charge on any atom is -0.381 e. The summed E-state index contributed by atoms with van der Waals surface area (Å²) in [5.41, 5.74) is 0. The van der Waals surface area contributed by atoms with E-state index in [0.29, 0.717) is 12.1 Å². The molecule has 6 aliphatic heterocycles. The fraction of sp³-hybridized carbons (Fsp3) is 1.00. The van der Waals surface area contributed by atoms with Gasteiger partial charge in [-0.25, -0.2) is 0 Å². The lowest BCUT2D eigenvalue weighted by Gasteiger charge is -2.19. The second-order valence-electron chi connectivity index (χ2n) is 19.0. The molecule has 6 heterocycles. The second kappa shape index (κ2) is 88.3. The first-order chi connectivity index (χ1) is 35.2. The van der Waals surface area contributed by atoms with Crippen molar-refractivity contribution < 1.29 is 14.2 Å². The van der Waals surface area contributed by atoms with E-state index in [1.54, 1.807) is 0 Å². The third-order valence-corrected chi connectivity index (χ3v) is 12.0. The maximum Gasteiger partial charge on any atom is 0.0672 e. The minimum atomic E-state index is 0. The van der Waals surface area contributed by atoms with E-state index < -0.39 is 0 Å². The van der Waals surface area contributed by atoms with Crippen LogP contribution in [0.3, 0.4) is 0 Å². The van der Waals surface area contributed by atoms with Gasteiger partial charge in [-0.15, -0.1) is 0 Å². The first-order valence-corrected chi connectivity index (χ1v) is 32.5. The number of ether oxygens (including phenoxy) is 3. The molecule has 8 nitrogen and oxygen atoms in total. The summed E-state index contributed by atoms with van der Waals surface area (Å²) >= 11 is 0. The number of hydrogen-bond donors (Lipinski definition) is 5. The fourth-order valence-electron chi connectivity index (χ4n) is 7.96. The molecule has 456 valence electrons. The van der Waals surface area contributed by atoms with Crippen molar-refractivity contribution in [1.82, 2.24) is 26.6 Å². The highest BCUT2D eigenvalue weighted by molar-refractivity contribution is 4.70. The number of piperidine rings is 2. The summed E-state index contributed by atoms with van der Waals surface area (Å²) in [5, 5.41) is 16.5. The molecule has 0 aromatic heterocycles. The highest BCUT2D eigenvalue weighted by Crippen LogP contribution is 2.23. The van der Waals surface area contributed by atoms with Crippen LogP contribution in [0.15, 0.2) is 0 Å². The summed E-state index contributed by atoms with van der Waals surface area (Å²) in [5.74, 6) is 5.55. The van der Waals surface area contributed by atoms with Crippen LogP contribution in [0.4, 0.5) is 0 Å². The van der Waals surface area contributed by atoms with E-state index in [9.17, 15) is 0 Å². The Kier molecular flexibility index (Phi) is 111. The van der Waals surface area contributed by atoms with E-state index in [0.717, 1.165) is 101 Å². The maximum atomic E-state index is 5.22. The lowest BCUT2D eigenvalue weighted by molar-refractivity contribution is 0.0410. The Hall–Kier alpha value is -0.320. The van der Waals surface area contributed by atoms with Crippen molar-refractivity contribution in [2.24, 2.45) is 35.5 Å².